The topological polar surface area (TPSA) is 127 Å². The van der Waals surface area contributed by atoms with Gasteiger partial charge in [-0.25, -0.2) is 9.07 Å². The number of H-pyrrole nitrogens is 1. The van der Waals surface area contributed by atoms with Gasteiger partial charge in [0.1, 0.15) is 23.9 Å². The average Bonchev–Trinajstić information content (AvgIpc) is 3.48. The van der Waals surface area contributed by atoms with Crippen LogP contribution in [0.15, 0.2) is 66.9 Å². The van der Waals surface area contributed by atoms with Crippen LogP contribution in [0.3, 0.4) is 0 Å². The van der Waals surface area contributed by atoms with Crippen molar-refractivity contribution in [3.63, 3.8) is 0 Å². The molecule has 176 valence electrons. The molecule has 0 radical (unpaired) electrons. The number of ketones is 1. The minimum Gasteiger partial charge on any atom is -0.454 e. The van der Waals surface area contributed by atoms with Crippen LogP contribution in [-0.2, 0) is 0 Å². The Morgan fingerprint density at radius 1 is 1.19 bits per heavy atom. The van der Waals surface area contributed by atoms with E-state index in [4.69, 9.17) is 15.7 Å². The van der Waals surface area contributed by atoms with Gasteiger partial charge in [-0.15, -0.1) is 0 Å². The minimum absolute atomic E-state index is 0.0636. The molecule has 0 fully saturated rings. The fourth-order valence-electron chi connectivity index (χ4n) is 3.95. The van der Waals surface area contributed by atoms with E-state index in [0.717, 1.165) is 17.2 Å². The van der Waals surface area contributed by atoms with E-state index in [1.165, 1.54) is 29.1 Å². The van der Waals surface area contributed by atoms with Crippen LogP contribution in [0, 0.1) is 24.1 Å². The van der Waals surface area contributed by atoms with Crippen LogP contribution in [-0.4, -0.2) is 26.8 Å². The van der Waals surface area contributed by atoms with Crippen molar-refractivity contribution < 1.29 is 18.7 Å². The average molecular weight is 479 g/mol. The number of fused-ring (bicyclic) bond motifs is 1. The lowest BCUT2D eigenvalue weighted by Gasteiger charge is -2.12. The minimum atomic E-state index is -0.736. The number of hydrogen-bond acceptors (Lipinski definition) is 6. The molecule has 0 saturated carbocycles. The standard InChI is InChI=1S/C27H18FN5O3/c1-15-9-19(36-24-4-2-3-17(12-29)25(24)28)6-8-23(15)33-27(30)20(13-31-33)26(35)22-11-18-10-16(14-34)5-7-21(18)32-22/h2-11,13-14,32H,30H2,1H3. The highest BCUT2D eigenvalue weighted by Crippen LogP contribution is 2.30. The number of aldehydes is 1. The molecule has 3 aromatic carbocycles. The highest BCUT2D eigenvalue weighted by Gasteiger charge is 2.20. The Kier molecular flexibility index (Phi) is 5.54. The van der Waals surface area contributed by atoms with Gasteiger partial charge in [-0.2, -0.15) is 10.4 Å². The maximum absolute atomic E-state index is 14.4. The highest BCUT2D eigenvalue weighted by molar-refractivity contribution is 6.12. The fourth-order valence-corrected chi connectivity index (χ4v) is 3.95. The molecule has 0 aliphatic rings. The molecule has 0 amide bonds. The number of hydrogen-bond donors (Lipinski definition) is 2. The van der Waals surface area contributed by atoms with Crippen molar-refractivity contribution in [3.05, 3.63) is 101 Å². The van der Waals surface area contributed by atoms with E-state index < -0.39 is 5.82 Å². The summed E-state index contributed by atoms with van der Waals surface area (Å²) in [5.74, 6) is -0.628. The van der Waals surface area contributed by atoms with Crippen molar-refractivity contribution in [2.75, 3.05) is 5.73 Å². The van der Waals surface area contributed by atoms with Crippen molar-refractivity contribution in [1.29, 1.82) is 5.26 Å². The summed E-state index contributed by atoms with van der Waals surface area (Å²) in [6.07, 6.45) is 2.14. The SMILES string of the molecule is Cc1cc(Oc2cccc(C#N)c2F)ccc1-n1ncc(C(=O)c2cc3cc(C=O)ccc3[nH]2)c1N. The van der Waals surface area contributed by atoms with Gasteiger partial charge in [0.2, 0.25) is 5.78 Å². The first-order valence-corrected chi connectivity index (χ1v) is 10.8. The van der Waals surface area contributed by atoms with E-state index in [-0.39, 0.29) is 28.5 Å². The van der Waals surface area contributed by atoms with E-state index in [9.17, 15) is 14.0 Å². The lowest BCUT2D eigenvalue weighted by Crippen LogP contribution is -2.08. The summed E-state index contributed by atoms with van der Waals surface area (Å²) in [6.45, 7) is 1.80. The zero-order valence-electron chi connectivity index (χ0n) is 18.9. The second-order valence-electron chi connectivity index (χ2n) is 8.11. The molecule has 0 unspecified atom stereocenters. The predicted octanol–water partition coefficient (Wildman–Crippen LogP) is 5.09. The van der Waals surface area contributed by atoms with Crippen LogP contribution >= 0.6 is 0 Å². The first kappa shape index (κ1) is 22.6. The third kappa shape index (κ3) is 3.86. The Bertz CT molecular complexity index is 1710. The summed E-state index contributed by atoms with van der Waals surface area (Å²) in [4.78, 5) is 27.2. The number of aromatic amines is 1. The second kappa shape index (κ2) is 8.85. The van der Waals surface area contributed by atoms with Gasteiger partial charge >= 0.3 is 0 Å². The van der Waals surface area contributed by atoms with Crippen LogP contribution in [0.5, 0.6) is 11.5 Å². The highest BCUT2D eigenvalue weighted by atomic mass is 19.1. The maximum Gasteiger partial charge on any atom is 0.214 e. The van der Waals surface area contributed by atoms with Crippen LogP contribution < -0.4 is 10.5 Å². The van der Waals surface area contributed by atoms with Crippen molar-refractivity contribution in [3.8, 4) is 23.3 Å². The maximum atomic E-state index is 14.4. The van der Waals surface area contributed by atoms with Gasteiger partial charge in [-0.05, 0) is 67.1 Å². The fraction of sp³-hybridized carbons (Fsp3) is 0.0370. The Balaban J connectivity index is 1.43. The number of carbonyl (C=O) groups is 2. The summed E-state index contributed by atoms with van der Waals surface area (Å²) in [5, 5.41) is 14.0. The van der Waals surface area contributed by atoms with Crippen molar-refractivity contribution >= 4 is 28.8 Å². The molecule has 8 nitrogen and oxygen atoms in total. The van der Waals surface area contributed by atoms with E-state index >= 15 is 0 Å². The molecule has 9 heteroatoms. The Morgan fingerprint density at radius 2 is 2.03 bits per heavy atom. The molecule has 0 bridgehead atoms. The molecule has 0 spiro atoms. The molecule has 36 heavy (non-hydrogen) atoms. The quantitative estimate of drug-likeness (QED) is 0.258. The molecular weight excluding hydrogens is 461 g/mol. The molecule has 2 aromatic heterocycles. The zero-order valence-corrected chi connectivity index (χ0v) is 18.9. The Morgan fingerprint density at radius 3 is 2.78 bits per heavy atom. The van der Waals surface area contributed by atoms with E-state index in [1.54, 1.807) is 55.5 Å². The molecule has 5 rings (SSSR count). The van der Waals surface area contributed by atoms with E-state index in [0.29, 0.717) is 28.3 Å². The Labute approximate surface area is 204 Å². The number of rotatable bonds is 6. The molecular formula is C27H18FN5O3. The second-order valence-corrected chi connectivity index (χ2v) is 8.11. The van der Waals surface area contributed by atoms with Gasteiger partial charge < -0.3 is 15.5 Å². The molecule has 0 saturated heterocycles. The number of halogens is 1. The summed E-state index contributed by atoms with van der Waals surface area (Å²) in [7, 11) is 0. The number of nitrogens with two attached hydrogens (primary N) is 1. The number of nitrogens with one attached hydrogen (secondary N) is 1. The largest absolute Gasteiger partial charge is 0.454 e. The van der Waals surface area contributed by atoms with Gasteiger partial charge in [-0.3, -0.25) is 9.59 Å². The summed E-state index contributed by atoms with van der Waals surface area (Å²) in [5.41, 5.74) is 9.28. The molecule has 0 aliphatic carbocycles. The first-order valence-electron chi connectivity index (χ1n) is 10.8. The van der Waals surface area contributed by atoms with Gasteiger partial charge in [0.05, 0.1) is 28.7 Å². The van der Waals surface area contributed by atoms with Crippen LogP contribution in [0.4, 0.5) is 10.2 Å². The van der Waals surface area contributed by atoms with Gasteiger partial charge in [0, 0.05) is 16.5 Å². The number of aromatic nitrogens is 3. The van der Waals surface area contributed by atoms with Crippen molar-refractivity contribution in [2.45, 2.75) is 6.92 Å². The van der Waals surface area contributed by atoms with Gasteiger partial charge in [0.15, 0.2) is 11.6 Å². The number of benzene rings is 3. The smallest absolute Gasteiger partial charge is 0.214 e. The van der Waals surface area contributed by atoms with Crippen LogP contribution in [0.1, 0.15) is 37.5 Å². The summed E-state index contributed by atoms with van der Waals surface area (Å²) in [6, 6.07) is 17.9. The van der Waals surface area contributed by atoms with Crippen LogP contribution in [0.25, 0.3) is 16.6 Å². The number of nitrogens with zero attached hydrogens (tertiary/aromatic N) is 3. The predicted molar refractivity (Wildman–Crippen MR) is 131 cm³/mol. The normalized spacial score (nSPS) is 10.8. The monoisotopic (exact) mass is 479 g/mol. The van der Waals surface area contributed by atoms with Gasteiger partial charge in [0.25, 0.3) is 0 Å². The number of anilines is 1. The Hall–Kier alpha value is -5.23. The van der Waals surface area contributed by atoms with Crippen molar-refractivity contribution in [2.24, 2.45) is 0 Å². The molecule has 0 aliphatic heterocycles. The van der Waals surface area contributed by atoms with Crippen LogP contribution in [0.2, 0.25) is 0 Å². The summed E-state index contributed by atoms with van der Waals surface area (Å²) >= 11 is 0. The first-order chi connectivity index (χ1) is 17.4. The van der Waals surface area contributed by atoms with E-state index in [2.05, 4.69) is 10.1 Å². The third-order valence-corrected chi connectivity index (χ3v) is 5.78. The summed E-state index contributed by atoms with van der Waals surface area (Å²) < 4.78 is 21.4. The lowest BCUT2D eigenvalue weighted by molar-refractivity contribution is 0.103. The van der Waals surface area contributed by atoms with E-state index in [1.807, 2.05) is 0 Å². The molecule has 5 aromatic rings. The van der Waals surface area contributed by atoms with Gasteiger partial charge in [-0.1, -0.05) is 6.07 Å². The molecule has 2 heterocycles. The number of nitrogen functional groups attached to an aromatic ring is 1. The number of carbonyl (C=O) groups excluding carboxylic acids is 2. The number of aryl methyl sites for hydroxylation is 1. The molecule has 0 atom stereocenters. The number of ether oxygens (including phenoxy) is 1. The third-order valence-electron chi connectivity index (χ3n) is 5.78. The lowest BCUT2D eigenvalue weighted by atomic mass is 10.1. The molecule has 3 N–H and O–H groups in total. The zero-order chi connectivity index (χ0) is 25.4. The number of nitriles is 1. The van der Waals surface area contributed by atoms with Crippen molar-refractivity contribution in [1.82, 2.24) is 14.8 Å².